The Kier molecular flexibility index (Phi) is 4.50. The third kappa shape index (κ3) is 3.43. The quantitative estimate of drug-likeness (QED) is 0.788. The Hall–Kier alpha value is -2.25. The summed E-state index contributed by atoms with van der Waals surface area (Å²) < 4.78 is 13.2. The van der Waals surface area contributed by atoms with Gasteiger partial charge in [0, 0.05) is 37.7 Å². The van der Waals surface area contributed by atoms with Crippen LogP contribution in [-0.2, 0) is 0 Å². The number of nitrogen functional groups attached to an aromatic ring is 1. The number of anilines is 2. The van der Waals surface area contributed by atoms with Gasteiger partial charge < -0.3 is 10.6 Å². The minimum Gasteiger partial charge on any atom is -0.384 e. The molecule has 0 radical (unpaired) electrons. The van der Waals surface area contributed by atoms with Gasteiger partial charge in [0.25, 0.3) is 0 Å². The second kappa shape index (κ2) is 6.93. The summed E-state index contributed by atoms with van der Waals surface area (Å²) in [4.78, 5) is 10.6. The number of benzene rings is 1. The van der Waals surface area contributed by atoms with Gasteiger partial charge in [-0.1, -0.05) is 12.1 Å². The van der Waals surface area contributed by atoms with Crippen molar-refractivity contribution >= 4 is 11.6 Å². The molecule has 2 fully saturated rings. The van der Waals surface area contributed by atoms with E-state index < -0.39 is 0 Å². The largest absolute Gasteiger partial charge is 0.384 e. The summed E-state index contributed by atoms with van der Waals surface area (Å²) in [6, 6.07) is 9.02. The molecule has 2 aliphatic heterocycles. The van der Waals surface area contributed by atoms with Crippen molar-refractivity contribution in [3.63, 3.8) is 0 Å². The number of hydrazine groups is 1. The average molecular weight is 342 g/mol. The number of nitrogens with zero attached hydrogens (tertiary/aromatic N) is 3. The lowest BCUT2D eigenvalue weighted by Crippen LogP contribution is -2.46. The van der Waals surface area contributed by atoms with Crippen LogP contribution in [0.4, 0.5) is 16.0 Å². The fourth-order valence-corrected chi connectivity index (χ4v) is 4.04. The molecule has 0 spiro atoms. The molecule has 0 amide bonds. The molecule has 3 unspecified atom stereocenters. The molecular formula is C18H23FN6. The monoisotopic (exact) mass is 342 g/mol. The van der Waals surface area contributed by atoms with Crippen molar-refractivity contribution in [2.24, 2.45) is 5.92 Å². The van der Waals surface area contributed by atoms with Crippen molar-refractivity contribution in [1.29, 1.82) is 0 Å². The highest BCUT2D eigenvalue weighted by Crippen LogP contribution is 2.32. The van der Waals surface area contributed by atoms with E-state index in [9.17, 15) is 4.39 Å². The first kappa shape index (κ1) is 16.2. The Morgan fingerprint density at radius 2 is 2.04 bits per heavy atom. The van der Waals surface area contributed by atoms with Crippen LogP contribution in [0.25, 0.3) is 0 Å². The predicted molar refractivity (Wildman–Crippen MR) is 95.4 cm³/mol. The summed E-state index contributed by atoms with van der Waals surface area (Å²) in [6.45, 7) is 2.76. The number of nitrogens with one attached hydrogen (secondary N) is 2. The zero-order chi connectivity index (χ0) is 17.2. The van der Waals surface area contributed by atoms with Crippen LogP contribution >= 0.6 is 0 Å². The van der Waals surface area contributed by atoms with E-state index >= 15 is 0 Å². The molecule has 0 bridgehead atoms. The highest BCUT2D eigenvalue weighted by molar-refractivity contribution is 5.46. The van der Waals surface area contributed by atoms with Crippen molar-refractivity contribution in [2.75, 3.05) is 30.3 Å². The first-order valence-corrected chi connectivity index (χ1v) is 8.77. The van der Waals surface area contributed by atoms with Gasteiger partial charge in [-0.25, -0.2) is 14.4 Å². The molecule has 0 saturated carbocycles. The first-order chi connectivity index (χ1) is 12.2. The maximum atomic E-state index is 13.2. The molecule has 0 aliphatic carbocycles. The number of rotatable bonds is 3. The van der Waals surface area contributed by atoms with Crippen LogP contribution in [0.2, 0.25) is 0 Å². The maximum Gasteiger partial charge on any atom is 0.134 e. The molecule has 6 nitrogen and oxygen atoms in total. The number of hydrogen-bond donors (Lipinski definition) is 3. The summed E-state index contributed by atoms with van der Waals surface area (Å²) in [6.07, 6.45) is 3.79. The Labute approximate surface area is 146 Å². The number of aromatic nitrogens is 2. The van der Waals surface area contributed by atoms with E-state index in [1.165, 1.54) is 11.9 Å². The average Bonchev–Trinajstić information content (AvgIpc) is 3.12. The smallest absolute Gasteiger partial charge is 0.134 e. The lowest BCUT2D eigenvalue weighted by molar-refractivity contribution is 0.304. The van der Waals surface area contributed by atoms with E-state index in [4.69, 9.17) is 5.73 Å². The third-order valence-corrected chi connectivity index (χ3v) is 5.29. The number of halogens is 1. The van der Waals surface area contributed by atoms with Crippen LogP contribution in [0.15, 0.2) is 36.7 Å². The molecule has 25 heavy (non-hydrogen) atoms. The zero-order valence-electron chi connectivity index (χ0n) is 14.0. The van der Waals surface area contributed by atoms with E-state index in [0.717, 1.165) is 38.3 Å². The maximum absolute atomic E-state index is 13.2. The molecule has 1 aromatic heterocycles. The number of hydrogen-bond acceptors (Lipinski definition) is 6. The number of piperidine rings is 1. The van der Waals surface area contributed by atoms with Gasteiger partial charge in [0.2, 0.25) is 0 Å². The highest BCUT2D eigenvalue weighted by atomic mass is 19.1. The minimum absolute atomic E-state index is 0.190. The predicted octanol–water partition coefficient (Wildman–Crippen LogP) is 1.67. The summed E-state index contributed by atoms with van der Waals surface area (Å²) in [5, 5.41) is 0. The molecule has 4 rings (SSSR count). The fourth-order valence-electron chi connectivity index (χ4n) is 4.04. The van der Waals surface area contributed by atoms with Crippen LogP contribution in [0, 0.1) is 11.7 Å². The summed E-state index contributed by atoms with van der Waals surface area (Å²) in [5.41, 5.74) is 13.7. The van der Waals surface area contributed by atoms with Crippen molar-refractivity contribution in [1.82, 2.24) is 20.8 Å². The molecule has 1 aromatic carbocycles. The molecule has 3 heterocycles. The minimum atomic E-state index is -0.190. The highest BCUT2D eigenvalue weighted by Gasteiger charge is 2.37. The SMILES string of the molecule is Nc1cc(N2CCCC(C3NNCC3c3ccc(F)cc3)C2)ncn1. The van der Waals surface area contributed by atoms with Crippen LogP contribution in [0.1, 0.15) is 24.3 Å². The lowest BCUT2D eigenvalue weighted by Gasteiger charge is -2.38. The van der Waals surface area contributed by atoms with Gasteiger partial charge >= 0.3 is 0 Å². The second-order valence-electron chi connectivity index (χ2n) is 6.86. The molecule has 2 saturated heterocycles. The van der Waals surface area contributed by atoms with Gasteiger partial charge in [0.15, 0.2) is 0 Å². The van der Waals surface area contributed by atoms with Crippen LogP contribution < -0.4 is 21.5 Å². The van der Waals surface area contributed by atoms with E-state index in [0.29, 0.717) is 23.7 Å². The molecule has 3 atom stereocenters. The molecule has 4 N–H and O–H groups in total. The van der Waals surface area contributed by atoms with E-state index in [1.807, 2.05) is 18.2 Å². The van der Waals surface area contributed by atoms with Crippen molar-refractivity contribution < 1.29 is 4.39 Å². The topological polar surface area (TPSA) is 79.1 Å². The van der Waals surface area contributed by atoms with Crippen molar-refractivity contribution in [2.45, 2.75) is 24.8 Å². The molecular weight excluding hydrogens is 319 g/mol. The fraction of sp³-hybridized carbons (Fsp3) is 0.444. The van der Waals surface area contributed by atoms with Crippen LogP contribution in [0.5, 0.6) is 0 Å². The van der Waals surface area contributed by atoms with Gasteiger partial charge in [0.05, 0.1) is 0 Å². The summed E-state index contributed by atoms with van der Waals surface area (Å²) >= 11 is 0. The Morgan fingerprint density at radius 1 is 1.20 bits per heavy atom. The molecule has 2 aliphatic rings. The summed E-state index contributed by atoms with van der Waals surface area (Å²) in [5.74, 6) is 2.01. The van der Waals surface area contributed by atoms with Gasteiger partial charge in [0.1, 0.15) is 23.8 Å². The van der Waals surface area contributed by atoms with E-state index in [1.54, 1.807) is 12.1 Å². The lowest BCUT2D eigenvalue weighted by atomic mass is 9.81. The number of nitrogens with two attached hydrogens (primary N) is 1. The van der Waals surface area contributed by atoms with Gasteiger partial charge in [-0.15, -0.1) is 0 Å². The van der Waals surface area contributed by atoms with Crippen molar-refractivity contribution in [3.8, 4) is 0 Å². The van der Waals surface area contributed by atoms with Gasteiger partial charge in [-0.2, -0.15) is 0 Å². The second-order valence-corrected chi connectivity index (χ2v) is 6.86. The third-order valence-electron chi connectivity index (χ3n) is 5.29. The van der Waals surface area contributed by atoms with Gasteiger partial charge in [-0.3, -0.25) is 10.9 Å². The van der Waals surface area contributed by atoms with Crippen molar-refractivity contribution in [3.05, 3.63) is 48.0 Å². The Balaban J connectivity index is 1.51. The molecule has 2 aromatic rings. The Morgan fingerprint density at radius 3 is 2.84 bits per heavy atom. The van der Waals surface area contributed by atoms with E-state index in [2.05, 4.69) is 25.7 Å². The van der Waals surface area contributed by atoms with Crippen LogP contribution in [-0.4, -0.2) is 35.6 Å². The standard InChI is InChI=1S/C18H23FN6/c19-14-5-3-12(4-6-14)15-9-23-24-18(15)13-2-1-7-25(10-13)17-8-16(20)21-11-22-17/h3-6,8,11,13,15,18,23-24H,1-2,7,9-10H2,(H2,20,21,22). The molecule has 132 valence electrons. The van der Waals surface area contributed by atoms with E-state index in [-0.39, 0.29) is 5.82 Å². The summed E-state index contributed by atoms with van der Waals surface area (Å²) in [7, 11) is 0. The Bertz CT molecular complexity index is 722. The first-order valence-electron chi connectivity index (χ1n) is 8.77. The van der Waals surface area contributed by atoms with Crippen LogP contribution in [0.3, 0.4) is 0 Å². The molecule has 7 heteroatoms. The zero-order valence-corrected chi connectivity index (χ0v) is 14.0. The van der Waals surface area contributed by atoms with Gasteiger partial charge in [-0.05, 0) is 36.5 Å². The normalized spacial score (nSPS) is 26.8.